The molecule has 1 aromatic heterocycles. The minimum atomic E-state index is 0.792. The largest absolute Gasteiger partial charge is 0.377 e. The zero-order valence-corrected chi connectivity index (χ0v) is 30.1. The molecule has 244 valence electrons. The average molecular weight is 670 g/mol. The highest BCUT2D eigenvalue weighted by atomic mass is 33.1. The third-order valence-corrected chi connectivity index (χ3v) is 10.5. The van der Waals surface area contributed by atoms with E-state index >= 15 is 0 Å². The van der Waals surface area contributed by atoms with E-state index in [0.29, 0.717) is 0 Å². The third kappa shape index (κ3) is 9.30. The van der Waals surface area contributed by atoms with Gasteiger partial charge in [0, 0.05) is 81.0 Å². The smallest absolute Gasteiger partial charge is 0.169 e. The Balaban J connectivity index is 1.04. The standard InChI is InChI=1S/C42H45N4S2/c1-6-33(15-17-35-19-21-41(44(2)3)39-13-9-7-11-37(35)39)23-26-43-27-31-47-48-32-30-46-28-24-34(25-29-46)16-18-36-20-22-42(45(4)5)40-14-10-8-12-38(36)40/h6-26,28-29H,1,27,30-32H2,2-5H3/q+1/b17-15+,33-23+,43-26?. The number of pyridine rings is 1. The molecule has 0 atom stereocenters. The van der Waals surface area contributed by atoms with Gasteiger partial charge in [-0.2, -0.15) is 0 Å². The molecule has 0 unspecified atom stereocenters. The summed E-state index contributed by atoms with van der Waals surface area (Å²) in [5, 5.41) is 5.04. The maximum Gasteiger partial charge on any atom is 0.169 e. The van der Waals surface area contributed by atoms with Gasteiger partial charge in [0.2, 0.25) is 0 Å². The second-order valence-corrected chi connectivity index (χ2v) is 14.5. The Kier molecular flexibility index (Phi) is 12.7. The van der Waals surface area contributed by atoms with Crippen LogP contribution < -0.4 is 14.4 Å². The van der Waals surface area contributed by atoms with Crippen LogP contribution in [0.3, 0.4) is 0 Å². The molecule has 4 aromatic carbocycles. The molecule has 0 aliphatic carbocycles. The van der Waals surface area contributed by atoms with Gasteiger partial charge in [0.15, 0.2) is 18.9 Å². The lowest BCUT2D eigenvalue weighted by Crippen LogP contribution is -2.33. The van der Waals surface area contributed by atoms with Crippen LogP contribution in [0.2, 0.25) is 0 Å². The number of aliphatic imine (C=N–C) groups is 1. The lowest BCUT2D eigenvalue weighted by atomic mass is 10.0. The molecular weight excluding hydrogens is 625 g/mol. The Morgan fingerprint density at radius 3 is 1.83 bits per heavy atom. The number of hydrogen-bond acceptors (Lipinski definition) is 5. The fourth-order valence-electron chi connectivity index (χ4n) is 5.54. The minimum absolute atomic E-state index is 0.792. The van der Waals surface area contributed by atoms with Gasteiger partial charge in [-0.15, -0.1) is 0 Å². The molecule has 0 radical (unpaired) electrons. The lowest BCUT2D eigenvalue weighted by Gasteiger charge is -2.16. The highest BCUT2D eigenvalue weighted by molar-refractivity contribution is 8.76. The van der Waals surface area contributed by atoms with Crippen molar-refractivity contribution in [3.8, 4) is 0 Å². The molecular formula is C42H45N4S2+. The van der Waals surface area contributed by atoms with Crippen LogP contribution in [0.15, 0.2) is 133 Å². The molecule has 0 amide bonds. The number of nitrogens with zero attached hydrogens (tertiary/aromatic N) is 4. The predicted molar refractivity (Wildman–Crippen MR) is 218 cm³/mol. The van der Waals surface area contributed by atoms with Gasteiger partial charge < -0.3 is 9.80 Å². The van der Waals surface area contributed by atoms with Gasteiger partial charge in [-0.25, -0.2) is 4.57 Å². The van der Waals surface area contributed by atoms with Crippen LogP contribution >= 0.6 is 21.6 Å². The summed E-state index contributed by atoms with van der Waals surface area (Å²) in [6.45, 7) is 5.76. The Hall–Kier alpha value is -4.52. The number of rotatable bonds is 15. The Morgan fingerprint density at radius 1 is 0.688 bits per heavy atom. The van der Waals surface area contributed by atoms with Crippen LogP contribution in [0.4, 0.5) is 11.4 Å². The normalized spacial score (nSPS) is 12.2. The lowest BCUT2D eigenvalue weighted by molar-refractivity contribution is -0.692. The van der Waals surface area contributed by atoms with Gasteiger partial charge in [0.1, 0.15) is 0 Å². The van der Waals surface area contributed by atoms with Crippen LogP contribution in [0.1, 0.15) is 16.7 Å². The summed E-state index contributed by atoms with van der Waals surface area (Å²) in [6, 6.07) is 30.3. The summed E-state index contributed by atoms with van der Waals surface area (Å²) in [4.78, 5) is 8.92. The van der Waals surface area contributed by atoms with E-state index in [9.17, 15) is 0 Å². The molecule has 1 heterocycles. The predicted octanol–water partition coefficient (Wildman–Crippen LogP) is 9.86. The van der Waals surface area contributed by atoms with Crippen molar-refractivity contribution in [3.63, 3.8) is 0 Å². The van der Waals surface area contributed by atoms with E-state index < -0.39 is 0 Å². The van der Waals surface area contributed by atoms with E-state index in [1.54, 1.807) is 0 Å². The zero-order valence-electron chi connectivity index (χ0n) is 28.4. The van der Waals surface area contributed by atoms with Gasteiger partial charge in [-0.1, -0.05) is 119 Å². The molecule has 6 heteroatoms. The van der Waals surface area contributed by atoms with Crippen LogP contribution in [0, 0.1) is 0 Å². The van der Waals surface area contributed by atoms with Crippen molar-refractivity contribution < 1.29 is 4.57 Å². The number of hydrogen-bond donors (Lipinski definition) is 0. The fourth-order valence-corrected chi connectivity index (χ4v) is 7.40. The maximum atomic E-state index is 4.59. The summed E-state index contributed by atoms with van der Waals surface area (Å²) in [5.74, 6) is 2.03. The highest BCUT2D eigenvalue weighted by Crippen LogP contribution is 2.30. The van der Waals surface area contributed by atoms with E-state index in [2.05, 4.69) is 176 Å². The molecule has 48 heavy (non-hydrogen) atoms. The summed E-state index contributed by atoms with van der Waals surface area (Å²) < 4.78 is 2.25. The summed E-state index contributed by atoms with van der Waals surface area (Å²) in [5.41, 5.74) is 7.11. The SMILES string of the molecule is C=CC(/C=C/c1ccc(N(C)C)c2ccccc12)=C\C=NCCSSCC[n+]1ccc(/C=C/c2ccc(N(C)C)c3ccccc23)cc1. The van der Waals surface area contributed by atoms with Crippen molar-refractivity contribution in [1.82, 2.24) is 0 Å². The Labute approximate surface area is 294 Å². The van der Waals surface area contributed by atoms with E-state index in [1.165, 1.54) is 49.6 Å². The second kappa shape index (κ2) is 17.6. The number of aromatic nitrogens is 1. The highest BCUT2D eigenvalue weighted by Gasteiger charge is 2.07. The monoisotopic (exact) mass is 669 g/mol. The molecule has 5 rings (SSSR count). The van der Waals surface area contributed by atoms with Crippen molar-refractivity contribution in [2.24, 2.45) is 4.99 Å². The van der Waals surface area contributed by atoms with Crippen LogP contribution in [0.25, 0.3) is 39.8 Å². The third-order valence-electron chi connectivity index (χ3n) is 8.09. The van der Waals surface area contributed by atoms with Crippen molar-refractivity contribution in [1.29, 1.82) is 0 Å². The Morgan fingerprint density at radius 2 is 1.25 bits per heavy atom. The molecule has 0 N–H and O–H groups in total. The van der Waals surface area contributed by atoms with Crippen LogP contribution in [0.5, 0.6) is 0 Å². The topological polar surface area (TPSA) is 22.7 Å². The number of fused-ring (bicyclic) bond motifs is 2. The van der Waals surface area contributed by atoms with E-state index in [0.717, 1.165) is 30.2 Å². The summed E-state index contributed by atoms with van der Waals surface area (Å²) >= 11 is 0. The Bertz CT molecular complexity index is 1950. The number of allylic oxidation sites excluding steroid dienone is 4. The van der Waals surface area contributed by atoms with E-state index in [-0.39, 0.29) is 0 Å². The van der Waals surface area contributed by atoms with Crippen molar-refractivity contribution in [3.05, 3.63) is 144 Å². The molecule has 0 saturated heterocycles. The van der Waals surface area contributed by atoms with Crippen molar-refractivity contribution in [2.75, 3.05) is 56.0 Å². The van der Waals surface area contributed by atoms with E-state index in [4.69, 9.17) is 0 Å². The molecule has 5 aromatic rings. The van der Waals surface area contributed by atoms with Gasteiger partial charge in [0.25, 0.3) is 0 Å². The first-order chi connectivity index (χ1) is 23.4. The molecule has 0 aliphatic heterocycles. The molecule has 0 fully saturated rings. The van der Waals surface area contributed by atoms with Crippen LogP contribution in [-0.4, -0.2) is 52.5 Å². The number of aryl methyl sites for hydroxylation is 1. The molecule has 0 spiro atoms. The zero-order chi connectivity index (χ0) is 33.7. The van der Waals surface area contributed by atoms with Crippen molar-refractivity contribution in [2.45, 2.75) is 6.54 Å². The summed E-state index contributed by atoms with van der Waals surface area (Å²) in [7, 11) is 12.1. The van der Waals surface area contributed by atoms with Crippen LogP contribution in [-0.2, 0) is 6.54 Å². The minimum Gasteiger partial charge on any atom is -0.377 e. The first-order valence-corrected chi connectivity index (χ1v) is 18.7. The first-order valence-electron chi connectivity index (χ1n) is 16.2. The maximum absolute atomic E-state index is 4.59. The first kappa shape index (κ1) is 34.8. The van der Waals surface area contributed by atoms with Gasteiger partial charge in [0.05, 0.1) is 5.75 Å². The van der Waals surface area contributed by atoms with Gasteiger partial charge >= 0.3 is 0 Å². The summed E-state index contributed by atoms with van der Waals surface area (Å²) in [6.07, 6.45) is 18.8. The van der Waals surface area contributed by atoms with Crippen molar-refractivity contribution >= 4 is 79.0 Å². The van der Waals surface area contributed by atoms with Gasteiger partial charge in [-0.05, 0) is 51.2 Å². The molecule has 4 nitrogen and oxygen atoms in total. The quantitative estimate of drug-likeness (QED) is 0.0364. The molecule has 0 aliphatic rings. The number of benzene rings is 4. The fraction of sp³-hybridized carbons (Fsp3) is 0.190. The average Bonchev–Trinajstić information content (AvgIpc) is 3.11. The number of anilines is 2. The molecule has 0 saturated carbocycles. The van der Waals surface area contributed by atoms with E-state index in [1.807, 2.05) is 40.0 Å². The van der Waals surface area contributed by atoms with Gasteiger partial charge in [-0.3, -0.25) is 4.99 Å². The second-order valence-electron chi connectivity index (χ2n) is 11.8. The molecule has 0 bridgehead atoms.